The van der Waals surface area contributed by atoms with Crippen LogP contribution in [0.2, 0.25) is 5.28 Å². The van der Waals surface area contributed by atoms with Crippen LogP contribution in [0.1, 0.15) is 44.2 Å². The first-order valence-electron chi connectivity index (χ1n) is 5.61. The molecular formula is C11H15BrClN3. The zero-order chi connectivity index (χ0) is 11.7. The maximum Gasteiger partial charge on any atom is 0.224 e. The Morgan fingerprint density at radius 1 is 1.50 bits per heavy atom. The van der Waals surface area contributed by atoms with Crippen molar-refractivity contribution in [3.63, 3.8) is 0 Å². The van der Waals surface area contributed by atoms with Gasteiger partial charge in [0.25, 0.3) is 0 Å². The molecule has 2 rings (SSSR count). The summed E-state index contributed by atoms with van der Waals surface area (Å²) in [6.07, 6.45) is 5.00. The Bertz CT molecular complexity index is 397. The highest BCUT2D eigenvalue weighted by Crippen LogP contribution is 2.52. The Balaban J connectivity index is 2.11. The minimum absolute atomic E-state index is 0.247. The number of halogens is 2. The van der Waals surface area contributed by atoms with E-state index in [1.54, 1.807) is 0 Å². The summed E-state index contributed by atoms with van der Waals surface area (Å²) < 4.78 is 0.820. The fourth-order valence-corrected chi connectivity index (χ4v) is 2.72. The van der Waals surface area contributed by atoms with Crippen LogP contribution in [-0.2, 0) is 0 Å². The van der Waals surface area contributed by atoms with Gasteiger partial charge in [0, 0.05) is 5.92 Å². The standard InChI is InChI=1S/C11H15BrClN3/c1-2-3-4-6-5-7(6)9-8(12)10(14)16-11(13)15-9/h6-7H,2-5H2,1H3,(H2,14,15,16). The molecule has 0 amide bonds. The monoisotopic (exact) mass is 303 g/mol. The van der Waals surface area contributed by atoms with E-state index in [0.717, 1.165) is 16.1 Å². The summed E-state index contributed by atoms with van der Waals surface area (Å²) in [7, 11) is 0. The SMILES string of the molecule is CCCCC1CC1c1nc(Cl)nc(N)c1Br. The summed E-state index contributed by atoms with van der Waals surface area (Å²) in [5.41, 5.74) is 6.74. The van der Waals surface area contributed by atoms with Crippen molar-refractivity contribution in [1.82, 2.24) is 9.97 Å². The molecule has 3 nitrogen and oxygen atoms in total. The van der Waals surface area contributed by atoms with Gasteiger partial charge in [-0.1, -0.05) is 19.8 Å². The molecule has 1 fully saturated rings. The number of nitrogens with zero attached hydrogens (tertiary/aromatic N) is 2. The topological polar surface area (TPSA) is 51.8 Å². The fraction of sp³-hybridized carbons (Fsp3) is 0.636. The van der Waals surface area contributed by atoms with Crippen molar-refractivity contribution in [3.8, 4) is 0 Å². The minimum atomic E-state index is 0.247. The van der Waals surface area contributed by atoms with Gasteiger partial charge in [-0.15, -0.1) is 0 Å². The van der Waals surface area contributed by atoms with Gasteiger partial charge in [-0.3, -0.25) is 0 Å². The lowest BCUT2D eigenvalue weighted by Gasteiger charge is -2.05. The van der Waals surface area contributed by atoms with Gasteiger partial charge < -0.3 is 5.73 Å². The molecule has 1 heterocycles. The quantitative estimate of drug-likeness (QED) is 0.862. The number of anilines is 1. The number of aromatic nitrogens is 2. The molecule has 5 heteroatoms. The van der Waals surface area contributed by atoms with Crippen LogP contribution in [0.3, 0.4) is 0 Å². The molecule has 2 atom stereocenters. The number of nitrogen functional groups attached to an aromatic ring is 1. The highest BCUT2D eigenvalue weighted by Gasteiger charge is 2.40. The third kappa shape index (κ3) is 2.48. The van der Waals surface area contributed by atoms with E-state index in [0.29, 0.717) is 11.7 Å². The number of rotatable bonds is 4. The Labute approximate surface area is 109 Å². The second-order valence-electron chi connectivity index (χ2n) is 4.32. The maximum absolute atomic E-state index is 5.82. The lowest BCUT2D eigenvalue weighted by molar-refractivity contribution is 0.636. The first-order chi connectivity index (χ1) is 7.63. The van der Waals surface area contributed by atoms with E-state index in [4.69, 9.17) is 17.3 Å². The van der Waals surface area contributed by atoms with Gasteiger partial charge in [-0.25, -0.2) is 4.98 Å². The van der Waals surface area contributed by atoms with E-state index in [2.05, 4.69) is 32.8 Å². The largest absolute Gasteiger partial charge is 0.383 e. The second kappa shape index (κ2) is 4.88. The van der Waals surface area contributed by atoms with E-state index >= 15 is 0 Å². The second-order valence-corrected chi connectivity index (χ2v) is 5.45. The normalized spacial score (nSPS) is 23.4. The fourth-order valence-electron chi connectivity index (χ4n) is 2.07. The van der Waals surface area contributed by atoms with Crippen molar-refractivity contribution in [2.24, 2.45) is 5.92 Å². The van der Waals surface area contributed by atoms with Crippen molar-refractivity contribution in [3.05, 3.63) is 15.5 Å². The zero-order valence-corrected chi connectivity index (χ0v) is 11.6. The molecule has 0 spiro atoms. The van der Waals surface area contributed by atoms with E-state index in [1.165, 1.54) is 25.7 Å². The smallest absolute Gasteiger partial charge is 0.224 e. The molecular weight excluding hydrogens is 289 g/mol. The highest BCUT2D eigenvalue weighted by molar-refractivity contribution is 9.10. The molecule has 0 saturated heterocycles. The third-order valence-electron chi connectivity index (χ3n) is 3.08. The molecule has 0 radical (unpaired) electrons. The van der Waals surface area contributed by atoms with E-state index in [9.17, 15) is 0 Å². The number of hydrogen-bond donors (Lipinski definition) is 1. The number of unbranched alkanes of at least 4 members (excludes halogenated alkanes) is 1. The average Bonchev–Trinajstić information content (AvgIpc) is 2.99. The molecule has 0 aliphatic heterocycles. The average molecular weight is 305 g/mol. The van der Waals surface area contributed by atoms with E-state index in [-0.39, 0.29) is 5.28 Å². The number of hydrogen-bond acceptors (Lipinski definition) is 3. The highest BCUT2D eigenvalue weighted by atomic mass is 79.9. The van der Waals surface area contributed by atoms with Crippen molar-refractivity contribution in [2.45, 2.75) is 38.5 Å². The van der Waals surface area contributed by atoms with Crippen LogP contribution in [0, 0.1) is 5.92 Å². The van der Waals surface area contributed by atoms with Crippen LogP contribution in [0.25, 0.3) is 0 Å². The van der Waals surface area contributed by atoms with Crippen LogP contribution >= 0.6 is 27.5 Å². The van der Waals surface area contributed by atoms with Gasteiger partial charge in [0.2, 0.25) is 5.28 Å². The molecule has 1 aromatic heterocycles. The summed E-state index contributed by atoms with van der Waals surface area (Å²) in [4.78, 5) is 8.20. The number of nitrogens with two attached hydrogens (primary N) is 1. The summed E-state index contributed by atoms with van der Waals surface area (Å²) in [6.45, 7) is 2.22. The predicted molar refractivity (Wildman–Crippen MR) is 69.5 cm³/mol. The molecule has 1 aliphatic rings. The summed E-state index contributed by atoms with van der Waals surface area (Å²) >= 11 is 9.26. The third-order valence-corrected chi connectivity index (χ3v) is 4.06. The van der Waals surface area contributed by atoms with E-state index < -0.39 is 0 Å². The molecule has 88 valence electrons. The van der Waals surface area contributed by atoms with Gasteiger partial charge in [0.15, 0.2) is 0 Å². The van der Waals surface area contributed by atoms with Crippen molar-refractivity contribution < 1.29 is 0 Å². The van der Waals surface area contributed by atoms with E-state index in [1.807, 2.05) is 0 Å². The Morgan fingerprint density at radius 2 is 2.25 bits per heavy atom. The van der Waals surface area contributed by atoms with Crippen LogP contribution in [0.5, 0.6) is 0 Å². The van der Waals surface area contributed by atoms with Crippen LogP contribution in [-0.4, -0.2) is 9.97 Å². The molecule has 0 bridgehead atoms. The minimum Gasteiger partial charge on any atom is -0.383 e. The molecule has 16 heavy (non-hydrogen) atoms. The van der Waals surface area contributed by atoms with Gasteiger partial charge in [0.1, 0.15) is 5.82 Å². The Morgan fingerprint density at radius 3 is 2.94 bits per heavy atom. The molecule has 1 saturated carbocycles. The maximum atomic E-state index is 5.82. The molecule has 1 aliphatic carbocycles. The first-order valence-corrected chi connectivity index (χ1v) is 6.79. The predicted octanol–water partition coefficient (Wildman–Crippen LogP) is 3.77. The zero-order valence-electron chi connectivity index (χ0n) is 9.21. The van der Waals surface area contributed by atoms with Crippen LogP contribution in [0.15, 0.2) is 4.47 Å². The molecule has 0 aromatic carbocycles. The van der Waals surface area contributed by atoms with Gasteiger partial charge in [-0.2, -0.15) is 4.98 Å². The summed E-state index contributed by atoms with van der Waals surface area (Å²) in [6, 6.07) is 0. The summed E-state index contributed by atoms with van der Waals surface area (Å²) in [5, 5.41) is 0.247. The van der Waals surface area contributed by atoms with Crippen LogP contribution in [0.4, 0.5) is 5.82 Å². The summed E-state index contributed by atoms with van der Waals surface area (Å²) in [5.74, 6) is 1.71. The van der Waals surface area contributed by atoms with Crippen molar-refractivity contribution in [2.75, 3.05) is 5.73 Å². The molecule has 2 N–H and O–H groups in total. The van der Waals surface area contributed by atoms with Crippen LogP contribution < -0.4 is 5.73 Å². The van der Waals surface area contributed by atoms with Gasteiger partial charge in [0.05, 0.1) is 10.2 Å². The van der Waals surface area contributed by atoms with Crippen molar-refractivity contribution >= 4 is 33.3 Å². The van der Waals surface area contributed by atoms with Gasteiger partial charge in [-0.05, 0) is 46.3 Å². The first kappa shape index (κ1) is 12.1. The van der Waals surface area contributed by atoms with Gasteiger partial charge >= 0.3 is 0 Å². The lowest BCUT2D eigenvalue weighted by Crippen LogP contribution is -2.00. The van der Waals surface area contributed by atoms with Crippen molar-refractivity contribution in [1.29, 1.82) is 0 Å². The molecule has 2 unspecified atom stereocenters. The lowest BCUT2D eigenvalue weighted by atomic mass is 10.1. The molecule has 1 aromatic rings. The Hall–Kier alpha value is -0.350. The Kier molecular flexibility index (Phi) is 3.70.